The van der Waals surface area contributed by atoms with Gasteiger partial charge in [-0.1, -0.05) is 66.7 Å². The Balaban J connectivity index is 1.67. The van der Waals surface area contributed by atoms with E-state index in [1.807, 2.05) is 54.6 Å². The van der Waals surface area contributed by atoms with Crippen LogP contribution in [0.5, 0.6) is 0 Å². The lowest BCUT2D eigenvalue weighted by molar-refractivity contribution is 0.782. The second kappa shape index (κ2) is 8.84. The number of anilines is 4. The van der Waals surface area contributed by atoms with Crippen LogP contribution in [0.4, 0.5) is 23.1 Å². The molecule has 6 nitrogen and oxygen atoms in total. The van der Waals surface area contributed by atoms with Crippen molar-refractivity contribution in [1.29, 1.82) is 0 Å². The Morgan fingerprint density at radius 2 is 1.34 bits per heavy atom. The molecule has 2 aromatic carbocycles. The van der Waals surface area contributed by atoms with Crippen LogP contribution in [0.1, 0.15) is 11.1 Å². The molecule has 0 aliphatic carbocycles. The maximum Gasteiger partial charge on any atom is 0.160 e. The van der Waals surface area contributed by atoms with E-state index in [9.17, 15) is 0 Å². The van der Waals surface area contributed by atoms with Crippen LogP contribution in [0, 0.1) is 0 Å². The maximum atomic E-state index is 6.48. The second-order valence-electron chi connectivity index (χ2n) is 6.63. The maximum absolute atomic E-state index is 6.48. The number of aromatic nitrogens is 3. The fraction of sp³-hybridized carbons (Fsp3) is 0.0870. The molecule has 0 amide bonds. The minimum Gasteiger partial charge on any atom is -0.393 e. The van der Waals surface area contributed by atoms with Gasteiger partial charge >= 0.3 is 0 Å². The number of rotatable bonds is 7. The molecule has 2 aromatic heterocycles. The molecule has 0 spiro atoms. The summed E-state index contributed by atoms with van der Waals surface area (Å²) in [6.07, 6.45) is 3.25. The first kappa shape index (κ1) is 18.4. The van der Waals surface area contributed by atoms with E-state index in [2.05, 4.69) is 49.4 Å². The quantitative estimate of drug-likeness (QED) is 0.493. The molecule has 0 atom stereocenters. The average molecular weight is 382 g/mol. The molecule has 0 saturated carbocycles. The van der Waals surface area contributed by atoms with Crippen LogP contribution < -0.4 is 16.0 Å². The highest BCUT2D eigenvalue weighted by Gasteiger charge is 2.16. The molecule has 4 aromatic rings. The fourth-order valence-electron chi connectivity index (χ4n) is 3.11. The first-order valence-electron chi connectivity index (χ1n) is 9.41. The van der Waals surface area contributed by atoms with E-state index in [4.69, 9.17) is 5.73 Å². The standard InChI is InChI=1S/C23H22N6/c24-21-22(28-20-13-7-8-14-25-20)26-17-27-23(21)29(15-18-9-3-1-4-10-18)16-19-11-5-2-6-12-19/h1-14,17H,15-16,24H2,(H,25,26,27,28). The fourth-order valence-corrected chi connectivity index (χ4v) is 3.11. The van der Waals surface area contributed by atoms with Crippen LogP contribution in [0.25, 0.3) is 0 Å². The number of pyridine rings is 1. The molecular formula is C23H22N6. The summed E-state index contributed by atoms with van der Waals surface area (Å²) in [4.78, 5) is 15.3. The minimum absolute atomic E-state index is 0.491. The number of nitrogen functional groups attached to an aromatic ring is 1. The summed E-state index contributed by atoms with van der Waals surface area (Å²) in [5.74, 6) is 1.91. The second-order valence-corrected chi connectivity index (χ2v) is 6.63. The van der Waals surface area contributed by atoms with Gasteiger partial charge in [0.1, 0.15) is 17.8 Å². The van der Waals surface area contributed by atoms with Crippen molar-refractivity contribution in [2.45, 2.75) is 13.1 Å². The molecule has 2 heterocycles. The summed E-state index contributed by atoms with van der Waals surface area (Å²) in [6, 6.07) is 26.2. The number of nitrogens with one attached hydrogen (secondary N) is 1. The Morgan fingerprint density at radius 3 is 1.93 bits per heavy atom. The summed E-state index contributed by atoms with van der Waals surface area (Å²) >= 11 is 0. The molecule has 4 rings (SSSR count). The van der Waals surface area contributed by atoms with Crippen molar-refractivity contribution in [3.05, 3.63) is 103 Å². The van der Waals surface area contributed by atoms with Gasteiger partial charge in [-0.3, -0.25) is 0 Å². The summed E-state index contributed by atoms with van der Waals surface area (Å²) in [5, 5.41) is 3.18. The van der Waals surface area contributed by atoms with E-state index in [1.54, 1.807) is 6.20 Å². The number of benzene rings is 2. The summed E-state index contributed by atoms with van der Waals surface area (Å²) in [5.41, 5.74) is 9.34. The van der Waals surface area contributed by atoms with Gasteiger partial charge in [-0.15, -0.1) is 0 Å². The third kappa shape index (κ3) is 4.68. The Hall–Kier alpha value is -3.93. The Kier molecular flexibility index (Phi) is 5.62. The lowest BCUT2D eigenvalue weighted by Crippen LogP contribution is -2.24. The summed E-state index contributed by atoms with van der Waals surface area (Å²) < 4.78 is 0. The Morgan fingerprint density at radius 1 is 0.724 bits per heavy atom. The van der Waals surface area contributed by atoms with Gasteiger partial charge in [-0.2, -0.15) is 0 Å². The molecule has 0 aliphatic rings. The highest BCUT2D eigenvalue weighted by atomic mass is 15.2. The topological polar surface area (TPSA) is 80.0 Å². The summed E-state index contributed by atoms with van der Waals surface area (Å²) in [6.45, 7) is 1.36. The third-order valence-electron chi connectivity index (χ3n) is 4.51. The van der Waals surface area contributed by atoms with Gasteiger partial charge in [0.05, 0.1) is 0 Å². The number of hydrogen-bond acceptors (Lipinski definition) is 6. The normalized spacial score (nSPS) is 10.5. The molecule has 0 fully saturated rings. The molecule has 3 N–H and O–H groups in total. The zero-order valence-corrected chi connectivity index (χ0v) is 15.9. The van der Waals surface area contributed by atoms with E-state index in [0.717, 1.165) is 0 Å². The molecule has 0 saturated heterocycles. The van der Waals surface area contributed by atoms with Gasteiger partial charge in [-0.25, -0.2) is 15.0 Å². The van der Waals surface area contributed by atoms with E-state index in [-0.39, 0.29) is 0 Å². The minimum atomic E-state index is 0.491. The largest absolute Gasteiger partial charge is 0.393 e. The van der Waals surface area contributed by atoms with Gasteiger partial charge < -0.3 is 16.0 Å². The van der Waals surface area contributed by atoms with Crippen molar-refractivity contribution in [3.63, 3.8) is 0 Å². The van der Waals surface area contributed by atoms with Gasteiger partial charge in [0, 0.05) is 19.3 Å². The SMILES string of the molecule is Nc1c(Nc2ccccn2)ncnc1N(Cc1ccccc1)Cc1ccccc1. The van der Waals surface area contributed by atoms with Gasteiger partial charge in [0.15, 0.2) is 11.6 Å². The van der Waals surface area contributed by atoms with Crippen molar-refractivity contribution in [1.82, 2.24) is 15.0 Å². The van der Waals surface area contributed by atoms with Crippen LogP contribution in [0.15, 0.2) is 91.4 Å². The predicted molar refractivity (Wildman–Crippen MR) is 117 cm³/mol. The molecule has 6 heteroatoms. The molecule has 29 heavy (non-hydrogen) atoms. The molecule has 0 aliphatic heterocycles. The van der Waals surface area contributed by atoms with E-state index < -0.39 is 0 Å². The number of nitrogens with zero attached hydrogens (tertiary/aromatic N) is 4. The van der Waals surface area contributed by atoms with Crippen LogP contribution in [0.3, 0.4) is 0 Å². The van der Waals surface area contributed by atoms with Crippen molar-refractivity contribution < 1.29 is 0 Å². The van der Waals surface area contributed by atoms with Crippen LogP contribution >= 0.6 is 0 Å². The summed E-state index contributed by atoms with van der Waals surface area (Å²) in [7, 11) is 0. The zero-order chi connectivity index (χ0) is 19.9. The lowest BCUT2D eigenvalue weighted by atomic mass is 10.1. The molecule has 0 bridgehead atoms. The van der Waals surface area contributed by atoms with Gasteiger partial charge in [0.25, 0.3) is 0 Å². The van der Waals surface area contributed by atoms with E-state index >= 15 is 0 Å². The van der Waals surface area contributed by atoms with Crippen LogP contribution in [0.2, 0.25) is 0 Å². The smallest absolute Gasteiger partial charge is 0.160 e. The van der Waals surface area contributed by atoms with E-state index in [0.29, 0.717) is 36.2 Å². The van der Waals surface area contributed by atoms with Crippen molar-refractivity contribution in [3.8, 4) is 0 Å². The van der Waals surface area contributed by atoms with Crippen LogP contribution in [-0.2, 0) is 13.1 Å². The highest BCUT2D eigenvalue weighted by molar-refractivity contribution is 5.77. The third-order valence-corrected chi connectivity index (χ3v) is 4.51. The van der Waals surface area contributed by atoms with E-state index in [1.165, 1.54) is 17.5 Å². The molecule has 0 unspecified atom stereocenters. The molecule has 0 radical (unpaired) electrons. The average Bonchev–Trinajstić information content (AvgIpc) is 2.77. The van der Waals surface area contributed by atoms with Crippen molar-refractivity contribution in [2.75, 3.05) is 16.0 Å². The molecular weight excluding hydrogens is 360 g/mol. The molecule has 144 valence electrons. The first-order valence-corrected chi connectivity index (χ1v) is 9.41. The Bertz CT molecular complexity index is 997. The zero-order valence-electron chi connectivity index (χ0n) is 15.9. The monoisotopic (exact) mass is 382 g/mol. The van der Waals surface area contributed by atoms with Crippen molar-refractivity contribution in [2.24, 2.45) is 0 Å². The van der Waals surface area contributed by atoms with Gasteiger partial charge in [-0.05, 0) is 23.3 Å². The van der Waals surface area contributed by atoms with Gasteiger partial charge in [0.2, 0.25) is 0 Å². The number of nitrogens with two attached hydrogens (primary N) is 1. The Labute approximate surface area is 170 Å². The number of hydrogen-bond donors (Lipinski definition) is 2. The predicted octanol–water partition coefficient (Wildman–Crippen LogP) is 4.40. The van der Waals surface area contributed by atoms with Crippen molar-refractivity contribution >= 4 is 23.1 Å². The highest BCUT2D eigenvalue weighted by Crippen LogP contribution is 2.30. The van der Waals surface area contributed by atoms with Crippen LogP contribution in [-0.4, -0.2) is 15.0 Å². The first-order chi connectivity index (χ1) is 14.3. The lowest BCUT2D eigenvalue weighted by Gasteiger charge is -2.26.